The fraction of sp³-hybridized carbons (Fsp3) is 0.188. The highest BCUT2D eigenvalue weighted by atomic mass is 35.5. The zero-order valence-electron chi connectivity index (χ0n) is 12.9. The Hall–Kier alpha value is -1.54. The molecule has 0 amide bonds. The van der Waals surface area contributed by atoms with Crippen LogP contribution in [0.3, 0.4) is 0 Å². The van der Waals surface area contributed by atoms with Gasteiger partial charge in [-0.15, -0.1) is 0 Å². The molecule has 0 saturated carbocycles. The predicted octanol–water partition coefficient (Wildman–Crippen LogP) is 3.39. The zero-order chi connectivity index (χ0) is 17.3. The van der Waals surface area contributed by atoms with E-state index in [9.17, 15) is 8.42 Å². The van der Waals surface area contributed by atoms with Gasteiger partial charge < -0.3 is 4.90 Å². The molecule has 1 unspecified atom stereocenters. The number of halogens is 1. The minimum Gasteiger partial charge on any atom is -0.346 e. The first-order valence-corrected chi connectivity index (χ1v) is 10.1. The maximum atomic E-state index is 11.7. The number of thioether (sulfide) groups is 1. The normalized spacial score (nSPS) is 19.9. The average molecular weight is 382 g/mol. The van der Waals surface area contributed by atoms with Crippen molar-refractivity contribution in [2.75, 3.05) is 12.8 Å². The Morgan fingerprint density at radius 2 is 1.96 bits per heavy atom. The number of amidine groups is 1. The van der Waals surface area contributed by atoms with Crippen molar-refractivity contribution in [1.82, 2.24) is 4.90 Å². The second-order valence-corrected chi connectivity index (χ2v) is 8.33. The number of rotatable bonds is 3. The molecule has 2 N–H and O–H groups in total. The Kier molecular flexibility index (Phi) is 4.87. The summed E-state index contributed by atoms with van der Waals surface area (Å²) in [6.45, 7) is 0. The van der Waals surface area contributed by atoms with Crippen molar-refractivity contribution in [3.8, 4) is 0 Å². The van der Waals surface area contributed by atoms with Crippen molar-refractivity contribution >= 4 is 44.2 Å². The summed E-state index contributed by atoms with van der Waals surface area (Å²) in [6, 6.07) is 14.7. The number of nitrogens with zero attached hydrogens (tertiary/aromatic N) is 2. The number of primary sulfonamides is 1. The van der Waals surface area contributed by atoms with E-state index in [1.165, 1.54) is 0 Å². The Morgan fingerprint density at radius 3 is 2.62 bits per heavy atom. The van der Waals surface area contributed by atoms with Gasteiger partial charge in [-0.05, 0) is 29.8 Å². The summed E-state index contributed by atoms with van der Waals surface area (Å²) in [4.78, 5) is 6.63. The maximum absolute atomic E-state index is 11.7. The van der Waals surface area contributed by atoms with Crippen molar-refractivity contribution in [3.63, 3.8) is 0 Å². The van der Waals surface area contributed by atoms with Crippen LogP contribution in [0.5, 0.6) is 0 Å². The van der Waals surface area contributed by atoms with Gasteiger partial charge in [0.15, 0.2) is 5.17 Å². The SMILES string of the molecule is CN1C(=Nc2ccccc2)SCC1c1ccc(Cl)c(S(N)(=O)=O)c1. The molecule has 1 heterocycles. The largest absolute Gasteiger partial charge is 0.346 e. The first kappa shape index (κ1) is 17.3. The Morgan fingerprint density at radius 1 is 1.25 bits per heavy atom. The summed E-state index contributed by atoms with van der Waals surface area (Å²) in [7, 11) is -1.91. The molecule has 1 atom stereocenters. The van der Waals surface area contributed by atoms with Crippen LogP contribution in [0.15, 0.2) is 58.4 Å². The minimum atomic E-state index is -3.85. The van der Waals surface area contributed by atoms with E-state index < -0.39 is 10.0 Å². The van der Waals surface area contributed by atoms with Gasteiger partial charge >= 0.3 is 0 Å². The number of sulfonamides is 1. The third kappa shape index (κ3) is 3.59. The highest BCUT2D eigenvalue weighted by Crippen LogP contribution is 2.36. The Labute approximate surface area is 150 Å². The topological polar surface area (TPSA) is 75.8 Å². The summed E-state index contributed by atoms with van der Waals surface area (Å²) < 4.78 is 23.3. The second-order valence-electron chi connectivity index (χ2n) is 5.40. The molecule has 24 heavy (non-hydrogen) atoms. The molecule has 2 aromatic carbocycles. The second kappa shape index (κ2) is 6.76. The van der Waals surface area contributed by atoms with Crippen LogP contribution in [-0.2, 0) is 10.0 Å². The summed E-state index contributed by atoms with van der Waals surface area (Å²) in [6.07, 6.45) is 0. The first-order chi connectivity index (χ1) is 11.4. The molecule has 1 saturated heterocycles. The van der Waals surface area contributed by atoms with Gasteiger partial charge in [-0.2, -0.15) is 0 Å². The van der Waals surface area contributed by atoms with Gasteiger partial charge in [-0.3, -0.25) is 0 Å². The van der Waals surface area contributed by atoms with Crippen molar-refractivity contribution in [1.29, 1.82) is 0 Å². The quantitative estimate of drug-likeness (QED) is 0.884. The fourth-order valence-corrected chi connectivity index (χ4v) is 4.79. The molecule has 0 spiro atoms. The lowest BCUT2D eigenvalue weighted by molar-refractivity contribution is 0.427. The van der Waals surface area contributed by atoms with E-state index in [0.717, 1.165) is 22.2 Å². The molecule has 0 bridgehead atoms. The van der Waals surface area contributed by atoms with Gasteiger partial charge in [0, 0.05) is 12.8 Å². The number of para-hydroxylation sites is 1. The molecular weight excluding hydrogens is 366 g/mol. The number of hydrogen-bond acceptors (Lipinski definition) is 4. The van der Waals surface area contributed by atoms with Crippen molar-refractivity contribution < 1.29 is 8.42 Å². The van der Waals surface area contributed by atoms with Crippen LogP contribution in [0, 0.1) is 0 Å². The van der Waals surface area contributed by atoms with Gasteiger partial charge in [-0.25, -0.2) is 18.5 Å². The third-order valence-corrected chi connectivity index (χ3v) is 6.28. The molecule has 1 aliphatic rings. The van der Waals surface area contributed by atoms with E-state index in [1.807, 2.05) is 48.3 Å². The van der Waals surface area contributed by atoms with Gasteiger partial charge in [0.2, 0.25) is 10.0 Å². The molecular formula is C16H16ClN3O2S2. The molecule has 0 radical (unpaired) electrons. The molecule has 1 fully saturated rings. The van der Waals surface area contributed by atoms with Crippen molar-refractivity contribution in [3.05, 3.63) is 59.1 Å². The van der Waals surface area contributed by atoms with Crippen LogP contribution in [0.25, 0.3) is 0 Å². The summed E-state index contributed by atoms with van der Waals surface area (Å²) >= 11 is 7.59. The monoisotopic (exact) mass is 381 g/mol. The highest BCUT2D eigenvalue weighted by Gasteiger charge is 2.29. The summed E-state index contributed by atoms with van der Waals surface area (Å²) in [5, 5.41) is 6.25. The standard InChI is InChI=1S/C16H16ClN3O2S2/c1-20-14(10-23-16(20)19-12-5-3-2-4-6-12)11-7-8-13(17)15(9-11)24(18,21)22/h2-9,14H,10H2,1H3,(H2,18,21,22). The van der Waals surface area contributed by atoms with E-state index >= 15 is 0 Å². The van der Waals surface area contributed by atoms with Crippen LogP contribution in [-0.4, -0.2) is 31.3 Å². The smallest absolute Gasteiger partial charge is 0.239 e. The van der Waals surface area contributed by atoms with Crippen LogP contribution < -0.4 is 5.14 Å². The molecule has 2 aromatic rings. The van der Waals surface area contributed by atoms with Crippen LogP contribution in [0.1, 0.15) is 11.6 Å². The number of nitrogens with two attached hydrogens (primary N) is 1. The molecule has 0 aromatic heterocycles. The number of hydrogen-bond donors (Lipinski definition) is 1. The molecule has 1 aliphatic heterocycles. The van der Waals surface area contributed by atoms with E-state index in [2.05, 4.69) is 4.99 Å². The van der Waals surface area contributed by atoms with Crippen molar-refractivity contribution in [2.45, 2.75) is 10.9 Å². The lowest BCUT2D eigenvalue weighted by atomic mass is 10.1. The van der Waals surface area contributed by atoms with Gasteiger partial charge in [0.05, 0.1) is 16.8 Å². The van der Waals surface area contributed by atoms with Gasteiger partial charge in [0.1, 0.15) is 4.90 Å². The predicted molar refractivity (Wildman–Crippen MR) is 99.3 cm³/mol. The highest BCUT2D eigenvalue weighted by molar-refractivity contribution is 8.14. The van der Waals surface area contributed by atoms with Crippen LogP contribution >= 0.6 is 23.4 Å². The van der Waals surface area contributed by atoms with E-state index in [0.29, 0.717) is 0 Å². The lowest BCUT2D eigenvalue weighted by Gasteiger charge is -2.22. The van der Waals surface area contributed by atoms with Crippen LogP contribution in [0.2, 0.25) is 5.02 Å². The molecule has 126 valence electrons. The molecule has 3 rings (SSSR count). The van der Waals surface area contributed by atoms with E-state index in [4.69, 9.17) is 16.7 Å². The lowest BCUT2D eigenvalue weighted by Crippen LogP contribution is -2.23. The summed E-state index contributed by atoms with van der Waals surface area (Å²) in [5.74, 6) is 0.772. The average Bonchev–Trinajstić information content (AvgIpc) is 2.89. The van der Waals surface area contributed by atoms with Crippen molar-refractivity contribution in [2.24, 2.45) is 10.1 Å². The van der Waals surface area contributed by atoms with Gasteiger partial charge in [0.25, 0.3) is 0 Å². The Bertz CT molecular complexity index is 885. The molecule has 5 nitrogen and oxygen atoms in total. The van der Waals surface area contributed by atoms with E-state index in [-0.39, 0.29) is 16.0 Å². The molecule has 0 aliphatic carbocycles. The fourth-order valence-electron chi connectivity index (χ4n) is 2.49. The zero-order valence-corrected chi connectivity index (χ0v) is 15.3. The third-order valence-electron chi connectivity index (χ3n) is 3.77. The molecule has 8 heteroatoms. The maximum Gasteiger partial charge on any atom is 0.239 e. The summed E-state index contributed by atoms with van der Waals surface area (Å²) in [5.41, 5.74) is 1.73. The van der Waals surface area contributed by atoms with E-state index in [1.54, 1.807) is 23.9 Å². The minimum absolute atomic E-state index is 0.00947. The Balaban J connectivity index is 1.91. The van der Waals surface area contributed by atoms with Crippen LogP contribution in [0.4, 0.5) is 5.69 Å². The van der Waals surface area contributed by atoms with Gasteiger partial charge in [-0.1, -0.05) is 47.6 Å². The number of benzene rings is 2. The number of aliphatic imine (C=N–C) groups is 1. The first-order valence-electron chi connectivity index (χ1n) is 7.18.